The molecule has 0 bridgehead atoms. The minimum atomic E-state index is 0.0149. The third kappa shape index (κ3) is 5.32. The number of nitrogens with one attached hydrogen (secondary N) is 1. The molecule has 6 nitrogen and oxygen atoms in total. The molecule has 2 heterocycles. The van der Waals surface area contributed by atoms with Crippen LogP contribution in [0.3, 0.4) is 0 Å². The number of carbonyl (C=O) groups excluding carboxylic acids is 1. The minimum Gasteiger partial charge on any atom is -0.486 e. The van der Waals surface area contributed by atoms with Crippen molar-refractivity contribution in [2.45, 2.75) is 45.4 Å². The van der Waals surface area contributed by atoms with Crippen LogP contribution in [0.1, 0.15) is 31.4 Å². The Balaban J connectivity index is 1.34. The van der Waals surface area contributed by atoms with Crippen molar-refractivity contribution in [3.8, 4) is 11.5 Å². The molecule has 1 amide bonds. The molecular formula is C24H30N2O4. The van der Waals surface area contributed by atoms with Crippen LogP contribution in [-0.2, 0) is 22.5 Å². The average molecular weight is 411 g/mol. The number of ether oxygens (including phenoxy) is 3. The number of nitrogens with zero attached hydrogens (tertiary/aromatic N) is 1. The largest absolute Gasteiger partial charge is 0.486 e. The predicted octanol–water partition coefficient (Wildman–Crippen LogP) is 3.64. The van der Waals surface area contributed by atoms with Gasteiger partial charge in [0.15, 0.2) is 11.5 Å². The molecular weight excluding hydrogens is 380 g/mol. The topological polar surface area (TPSA) is 60.0 Å². The number of benzene rings is 2. The summed E-state index contributed by atoms with van der Waals surface area (Å²) < 4.78 is 17.0. The van der Waals surface area contributed by atoms with Gasteiger partial charge in [0.1, 0.15) is 13.2 Å². The summed E-state index contributed by atoms with van der Waals surface area (Å²) in [6.07, 6.45) is 1.52. The highest BCUT2D eigenvalue weighted by molar-refractivity contribution is 5.91. The summed E-state index contributed by atoms with van der Waals surface area (Å²) in [5.41, 5.74) is 3.09. The lowest BCUT2D eigenvalue weighted by molar-refractivity contribution is -0.116. The smallest absolute Gasteiger partial charge is 0.224 e. The van der Waals surface area contributed by atoms with Crippen LogP contribution in [0.4, 0.5) is 5.69 Å². The van der Waals surface area contributed by atoms with Crippen LogP contribution in [0.25, 0.3) is 0 Å². The Bertz CT molecular complexity index is 875. The van der Waals surface area contributed by atoms with Crippen molar-refractivity contribution in [1.29, 1.82) is 0 Å². The van der Waals surface area contributed by atoms with Gasteiger partial charge >= 0.3 is 0 Å². The Labute approximate surface area is 178 Å². The molecule has 30 heavy (non-hydrogen) atoms. The summed E-state index contributed by atoms with van der Waals surface area (Å²) in [7, 11) is 0. The van der Waals surface area contributed by atoms with E-state index in [4.69, 9.17) is 14.2 Å². The maximum absolute atomic E-state index is 12.6. The van der Waals surface area contributed by atoms with Gasteiger partial charge in [-0.3, -0.25) is 9.69 Å². The monoisotopic (exact) mass is 410 g/mol. The van der Waals surface area contributed by atoms with Crippen molar-refractivity contribution >= 4 is 11.6 Å². The average Bonchev–Trinajstić information content (AvgIpc) is 2.73. The fraction of sp³-hybridized carbons (Fsp3) is 0.458. The van der Waals surface area contributed by atoms with Crippen molar-refractivity contribution in [1.82, 2.24) is 4.90 Å². The lowest BCUT2D eigenvalue weighted by Crippen LogP contribution is -2.44. The highest BCUT2D eigenvalue weighted by Crippen LogP contribution is 2.31. The molecule has 2 unspecified atom stereocenters. The predicted molar refractivity (Wildman–Crippen MR) is 116 cm³/mol. The van der Waals surface area contributed by atoms with Crippen LogP contribution in [0.2, 0.25) is 0 Å². The molecule has 2 atom stereocenters. The zero-order chi connectivity index (χ0) is 20.9. The number of rotatable bonds is 6. The molecule has 2 aromatic carbocycles. The molecule has 0 aliphatic carbocycles. The summed E-state index contributed by atoms with van der Waals surface area (Å²) in [4.78, 5) is 15.0. The van der Waals surface area contributed by atoms with Crippen LogP contribution in [0.5, 0.6) is 11.5 Å². The number of anilines is 1. The first kappa shape index (κ1) is 20.7. The second-order valence-electron chi connectivity index (χ2n) is 8.13. The van der Waals surface area contributed by atoms with E-state index in [2.05, 4.69) is 30.1 Å². The fourth-order valence-electron chi connectivity index (χ4n) is 4.15. The summed E-state index contributed by atoms with van der Waals surface area (Å²) >= 11 is 0. The molecule has 2 aromatic rings. The third-order valence-corrected chi connectivity index (χ3v) is 5.43. The van der Waals surface area contributed by atoms with Gasteiger partial charge in [-0.25, -0.2) is 0 Å². The number of para-hydroxylation sites is 1. The van der Waals surface area contributed by atoms with Crippen LogP contribution in [0.15, 0.2) is 42.5 Å². The molecule has 0 radical (unpaired) electrons. The molecule has 0 spiro atoms. The van der Waals surface area contributed by atoms with Gasteiger partial charge < -0.3 is 19.5 Å². The summed E-state index contributed by atoms with van der Waals surface area (Å²) in [5, 5.41) is 3.10. The minimum absolute atomic E-state index is 0.0149. The third-order valence-electron chi connectivity index (χ3n) is 5.43. The summed E-state index contributed by atoms with van der Waals surface area (Å²) in [5.74, 6) is 1.55. The quantitative estimate of drug-likeness (QED) is 0.788. The van der Waals surface area contributed by atoms with E-state index in [9.17, 15) is 4.79 Å². The van der Waals surface area contributed by atoms with Crippen molar-refractivity contribution in [3.63, 3.8) is 0 Å². The summed E-state index contributed by atoms with van der Waals surface area (Å²) in [6, 6.07) is 13.9. The number of carbonyl (C=O) groups is 1. The Morgan fingerprint density at radius 3 is 2.57 bits per heavy atom. The molecule has 0 aromatic heterocycles. The molecule has 0 saturated carbocycles. The van der Waals surface area contributed by atoms with Gasteiger partial charge in [-0.2, -0.15) is 0 Å². The van der Waals surface area contributed by atoms with E-state index in [0.717, 1.165) is 47.9 Å². The zero-order valence-corrected chi connectivity index (χ0v) is 17.7. The molecule has 1 saturated heterocycles. The normalized spacial score (nSPS) is 21.3. The summed E-state index contributed by atoms with van der Waals surface area (Å²) in [6.45, 7) is 7.96. The molecule has 2 aliphatic rings. The van der Waals surface area contributed by atoms with Crippen LogP contribution in [0, 0.1) is 0 Å². The first-order valence-electron chi connectivity index (χ1n) is 10.7. The van der Waals surface area contributed by atoms with Crippen molar-refractivity contribution in [3.05, 3.63) is 53.6 Å². The maximum atomic E-state index is 12.6. The number of morpholine rings is 1. The lowest BCUT2D eigenvalue weighted by atomic mass is 10.1. The van der Waals surface area contributed by atoms with Crippen molar-refractivity contribution < 1.29 is 19.0 Å². The molecule has 1 N–H and O–H groups in total. The molecule has 2 aliphatic heterocycles. The lowest BCUT2D eigenvalue weighted by Gasteiger charge is -2.35. The van der Waals surface area contributed by atoms with Crippen LogP contribution in [-0.4, -0.2) is 49.3 Å². The van der Waals surface area contributed by atoms with Crippen molar-refractivity contribution in [2.24, 2.45) is 0 Å². The van der Waals surface area contributed by atoms with Gasteiger partial charge in [-0.05, 0) is 49.6 Å². The zero-order valence-electron chi connectivity index (χ0n) is 17.7. The van der Waals surface area contributed by atoms with Gasteiger partial charge in [0, 0.05) is 31.7 Å². The second kappa shape index (κ2) is 9.49. The van der Waals surface area contributed by atoms with Crippen LogP contribution < -0.4 is 14.8 Å². The molecule has 160 valence electrons. The standard InChI is InChI=1S/C24H30N2O4/c1-17-14-26(15-18(2)30-17)16-20-5-3-4-6-21(20)25-24(27)10-8-19-7-9-22-23(13-19)29-12-11-28-22/h3-7,9,13,17-18H,8,10-12,14-16H2,1-2H3,(H,25,27). The Morgan fingerprint density at radius 2 is 1.77 bits per heavy atom. The number of hydrogen-bond donors (Lipinski definition) is 1. The van der Waals surface area contributed by atoms with Gasteiger partial charge in [-0.15, -0.1) is 0 Å². The number of fused-ring (bicyclic) bond motifs is 1. The molecule has 4 rings (SSSR count). The van der Waals surface area contributed by atoms with Gasteiger partial charge in [0.25, 0.3) is 0 Å². The van der Waals surface area contributed by atoms with E-state index < -0.39 is 0 Å². The van der Waals surface area contributed by atoms with Gasteiger partial charge in [-0.1, -0.05) is 24.3 Å². The Morgan fingerprint density at radius 1 is 1.03 bits per heavy atom. The van der Waals surface area contributed by atoms with E-state index in [1.807, 2.05) is 36.4 Å². The first-order chi connectivity index (χ1) is 14.6. The Hall–Kier alpha value is -2.57. The van der Waals surface area contributed by atoms with Gasteiger partial charge in [0.2, 0.25) is 5.91 Å². The fourth-order valence-corrected chi connectivity index (χ4v) is 4.15. The highest BCUT2D eigenvalue weighted by Gasteiger charge is 2.23. The van der Waals surface area contributed by atoms with Crippen LogP contribution >= 0.6 is 0 Å². The second-order valence-corrected chi connectivity index (χ2v) is 8.13. The van der Waals surface area contributed by atoms with E-state index in [-0.39, 0.29) is 18.1 Å². The first-order valence-corrected chi connectivity index (χ1v) is 10.7. The number of amides is 1. The van der Waals surface area contributed by atoms with E-state index in [1.165, 1.54) is 0 Å². The van der Waals surface area contributed by atoms with E-state index >= 15 is 0 Å². The maximum Gasteiger partial charge on any atom is 0.224 e. The molecule has 6 heteroatoms. The Kier molecular flexibility index (Phi) is 6.55. The van der Waals surface area contributed by atoms with E-state index in [0.29, 0.717) is 26.1 Å². The van der Waals surface area contributed by atoms with Gasteiger partial charge in [0.05, 0.1) is 12.2 Å². The highest BCUT2D eigenvalue weighted by atomic mass is 16.6. The molecule has 1 fully saturated rings. The SMILES string of the molecule is CC1CN(Cc2ccccc2NC(=O)CCc2ccc3c(c2)OCCO3)CC(C)O1. The number of hydrogen-bond acceptors (Lipinski definition) is 5. The van der Waals surface area contributed by atoms with E-state index in [1.54, 1.807) is 0 Å². The number of aryl methyl sites for hydroxylation is 1. The van der Waals surface area contributed by atoms with Crippen molar-refractivity contribution in [2.75, 3.05) is 31.6 Å².